The minimum atomic E-state index is 0.0910. The number of hydrogen-bond acceptors (Lipinski definition) is 4. The van der Waals surface area contributed by atoms with E-state index in [0.29, 0.717) is 10.4 Å². The molecule has 21 heavy (non-hydrogen) atoms. The first-order valence-corrected chi connectivity index (χ1v) is 8.58. The summed E-state index contributed by atoms with van der Waals surface area (Å²) in [6, 6.07) is 12.6. The largest absolute Gasteiger partial charge is 0.192 e. The van der Waals surface area contributed by atoms with Gasteiger partial charge in [-0.25, -0.2) is 0 Å². The van der Waals surface area contributed by atoms with Crippen LogP contribution in [0, 0.1) is 22.7 Å². The van der Waals surface area contributed by atoms with Gasteiger partial charge in [0.1, 0.15) is 17.0 Å². The maximum atomic E-state index is 9.42. The Labute approximate surface area is 134 Å². The van der Waals surface area contributed by atoms with Gasteiger partial charge in [0.15, 0.2) is 0 Å². The number of hydrogen-bond donors (Lipinski definition) is 0. The molecule has 1 aromatic heterocycles. The van der Waals surface area contributed by atoms with Gasteiger partial charge < -0.3 is 0 Å². The van der Waals surface area contributed by atoms with Crippen LogP contribution in [0.15, 0.2) is 28.5 Å². The van der Waals surface area contributed by atoms with E-state index in [-0.39, 0.29) is 5.41 Å². The van der Waals surface area contributed by atoms with E-state index in [1.54, 1.807) is 0 Å². The number of benzene rings is 1. The first-order chi connectivity index (χ1) is 9.92. The summed E-state index contributed by atoms with van der Waals surface area (Å²) in [7, 11) is 0. The minimum absolute atomic E-state index is 0.0910. The molecule has 106 valence electrons. The van der Waals surface area contributed by atoms with Gasteiger partial charge in [-0.3, -0.25) is 0 Å². The lowest BCUT2D eigenvalue weighted by molar-refractivity contribution is 0.590. The molecule has 1 aromatic carbocycles. The SMILES string of the molecule is CSc1sc(C#N)c(-c2ccc(C(C)(C)C)cc2)c1C#N. The Morgan fingerprint density at radius 3 is 2.10 bits per heavy atom. The van der Waals surface area contributed by atoms with Crippen LogP contribution in [0.4, 0.5) is 0 Å². The van der Waals surface area contributed by atoms with E-state index in [9.17, 15) is 10.5 Å². The molecular formula is C17H16N2S2. The van der Waals surface area contributed by atoms with E-state index in [1.165, 1.54) is 28.7 Å². The number of nitrogens with zero attached hydrogens (tertiary/aromatic N) is 2. The van der Waals surface area contributed by atoms with Crippen molar-refractivity contribution in [3.05, 3.63) is 40.3 Å². The Hall–Kier alpha value is -1.75. The van der Waals surface area contributed by atoms with E-state index < -0.39 is 0 Å². The van der Waals surface area contributed by atoms with Crippen LogP contribution in [0.1, 0.15) is 36.8 Å². The Bertz CT molecular complexity index is 735. The summed E-state index contributed by atoms with van der Waals surface area (Å²) in [5, 5.41) is 18.8. The van der Waals surface area contributed by atoms with Crippen molar-refractivity contribution < 1.29 is 0 Å². The molecule has 0 unspecified atom stereocenters. The predicted molar refractivity (Wildman–Crippen MR) is 89.7 cm³/mol. The van der Waals surface area contributed by atoms with Gasteiger partial charge in [0.25, 0.3) is 0 Å². The van der Waals surface area contributed by atoms with Gasteiger partial charge in [-0.2, -0.15) is 10.5 Å². The molecule has 0 radical (unpaired) electrons. The van der Waals surface area contributed by atoms with E-state index in [1.807, 2.05) is 18.4 Å². The summed E-state index contributed by atoms with van der Waals surface area (Å²) in [5.74, 6) is 0. The van der Waals surface area contributed by atoms with Crippen LogP contribution in [0.3, 0.4) is 0 Å². The Balaban J connectivity index is 2.60. The smallest absolute Gasteiger partial charge is 0.115 e. The zero-order valence-corrected chi connectivity index (χ0v) is 14.2. The summed E-state index contributed by atoms with van der Waals surface area (Å²) in [6.07, 6.45) is 1.93. The van der Waals surface area contributed by atoms with Crippen LogP contribution in [-0.2, 0) is 5.41 Å². The number of rotatable bonds is 2. The highest BCUT2D eigenvalue weighted by Crippen LogP contribution is 2.40. The molecule has 0 atom stereocenters. The first-order valence-electron chi connectivity index (χ1n) is 6.54. The molecule has 0 bridgehead atoms. The molecule has 0 aliphatic carbocycles. The minimum Gasteiger partial charge on any atom is -0.192 e. The molecule has 0 spiro atoms. The molecule has 0 fully saturated rings. The number of thioether (sulfide) groups is 1. The van der Waals surface area contributed by atoms with Crippen molar-refractivity contribution in [3.8, 4) is 23.3 Å². The van der Waals surface area contributed by atoms with Gasteiger partial charge >= 0.3 is 0 Å². The molecule has 1 heterocycles. The average Bonchev–Trinajstić information content (AvgIpc) is 2.84. The molecule has 4 heteroatoms. The van der Waals surface area contributed by atoms with Gasteiger partial charge in [-0.1, -0.05) is 45.0 Å². The lowest BCUT2D eigenvalue weighted by Crippen LogP contribution is -2.10. The summed E-state index contributed by atoms with van der Waals surface area (Å²) < 4.78 is 0.906. The van der Waals surface area contributed by atoms with E-state index in [4.69, 9.17) is 0 Å². The van der Waals surface area contributed by atoms with Crippen molar-refractivity contribution in [2.45, 2.75) is 30.4 Å². The molecular weight excluding hydrogens is 296 g/mol. The van der Waals surface area contributed by atoms with Crippen LogP contribution >= 0.6 is 23.1 Å². The molecule has 2 rings (SSSR count). The van der Waals surface area contributed by atoms with Crippen LogP contribution in [0.25, 0.3) is 11.1 Å². The third-order valence-corrected chi connectivity index (χ3v) is 5.53. The van der Waals surface area contributed by atoms with E-state index in [2.05, 4.69) is 45.0 Å². The van der Waals surface area contributed by atoms with Crippen molar-refractivity contribution in [1.82, 2.24) is 0 Å². The van der Waals surface area contributed by atoms with Crippen LogP contribution < -0.4 is 0 Å². The summed E-state index contributed by atoms with van der Waals surface area (Å²) >= 11 is 2.91. The maximum absolute atomic E-state index is 9.42. The molecule has 0 N–H and O–H groups in total. The van der Waals surface area contributed by atoms with E-state index in [0.717, 1.165) is 15.3 Å². The second kappa shape index (κ2) is 5.93. The van der Waals surface area contributed by atoms with Gasteiger partial charge in [0.05, 0.1) is 9.77 Å². The molecule has 0 saturated carbocycles. The number of thiophene rings is 1. The fraction of sp³-hybridized carbons (Fsp3) is 0.294. The molecule has 2 nitrogen and oxygen atoms in total. The third kappa shape index (κ3) is 2.97. The van der Waals surface area contributed by atoms with Crippen LogP contribution in [0.2, 0.25) is 0 Å². The fourth-order valence-electron chi connectivity index (χ4n) is 2.15. The molecule has 0 aliphatic rings. The molecule has 2 aromatic rings. The summed E-state index contributed by atoms with van der Waals surface area (Å²) in [5.41, 5.74) is 3.66. The summed E-state index contributed by atoms with van der Waals surface area (Å²) in [6.45, 7) is 6.50. The molecule has 0 saturated heterocycles. The Morgan fingerprint density at radius 1 is 1.05 bits per heavy atom. The predicted octanol–water partition coefficient (Wildman–Crippen LogP) is 5.18. The number of nitriles is 2. The van der Waals surface area contributed by atoms with Crippen LogP contribution in [-0.4, -0.2) is 6.26 Å². The van der Waals surface area contributed by atoms with Gasteiger partial charge in [-0.15, -0.1) is 23.1 Å². The normalized spacial score (nSPS) is 11.0. The summed E-state index contributed by atoms with van der Waals surface area (Å²) in [4.78, 5) is 0.611. The standard InChI is InChI=1S/C17H16N2S2/c1-17(2,3)12-7-5-11(6-8-12)15-13(9-18)16(20-4)21-14(15)10-19/h5-8H,1-4H3. The Kier molecular flexibility index (Phi) is 4.42. The zero-order valence-electron chi connectivity index (χ0n) is 12.5. The van der Waals surface area contributed by atoms with Crippen LogP contribution in [0.5, 0.6) is 0 Å². The quantitative estimate of drug-likeness (QED) is 0.718. The highest BCUT2D eigenvalue weighted by atomic mass is 32.2. The van der Waals surface area contributed by atoms with Gasteiger partial charge in [-0.05, 0) is 22.8 Å². The van der Waals surface area contributed by atoms with Crippen molar-refractivity contribution >= 4 is 23.1 Å². The third-order valence-electron chi connectivity index (χ3n) is 3.31. The highest BCUT2D eigenvalue weighted by Gasteiger charge is 2.20. The second-order valence-corrected chi connectivity index (χ2v) is 7.82. The fourth-order valence-corrected chi connectivity index (χ4v) is 3.88. The monoisotopic (exact) mass is 312 g/mol. The maximum Gasteiger partial charge on any atom is 0.115 e. The van der Waals surface area contributed by atoms with E-state index >= 15 is 0 Å². The first kappa shape index (κ1) is 15.6. The zero-order chi connectivity index (χ0) is 15.6. The van der Waals surface area contributed by atoms with Crippen molar-refractivity contribution in [2.24, 2.45) is 0 Å². The highest BCUT2D eigenvalue weighted by molar-refractivity contribution is 8.00. The van der Waals surface area contributed by atoms with Crippen molar-refractivity contribution in [1.29, 1.82) is 10.5 Å². The average molecular weight is 312 g/mol. The topological polar surface area (TPSA) is 47.6 Å². The van der Waals surface area contributed by atoms with Crippen molar-refractivity contribution in [3.63, 3.8) is 0 Å². The lowest BCUT2D eigenvalue weighted by Gasteiger charge is -2.19. The molecule has 0 aliphatic heterocycles. The molecule has 0 amide bonds. The Morgan fingerprint density at radius 2 is 1.67 bits per heavy atom. The second-order valence-electron chi connectivity index (χ2n) is 5.72. The lowest BCUT2D eigenvalue weighted by atomic mass is 9.86. The van der Waals surface area contributed by atoms with Gasteiger partial charge in [0.2, 0.25) is 0 Å². The van der Waals surface area contributed by atoms with Crippen molar-refractivity contribution in [2.75, 3.05) is 6.26 Å². The van der Waals surface area contributed by atoms with Gasteiger partial charge in [0, 0.05) is 5.56 Å².